The zero-order valence-corrected chi connectivity index (χ0v) is 7.80. The van der Waals surface area contributed by atoms with E-state index in [9.17, 15) is 4.79 Å². The first-order chi connectivity index (χ1) is 4.42. The van der Waals surface area contributed by atoms with E-state index in [2.05, 4.69) is 0 Å². The van der Waals surface area contributed by atoms with Crippen LogP contribution in [0.5, 0.6) is 0 Å². The van der Waals surface area contributed by atoms with Crippen molar-refractivity contribution in [2.45, 2.75) is 0 Å². The molecule has 0 aromatic rings. The number of hydrogen-bond acceptors (Lipinski definition) is 1. The second kappa shape index (κ2) is 5.16. The predicted molar refractivity (Wildman–Crippen MR) is 39.7 cm³/mol. The minimum Gasteiger partial charge on any atom is -1.00 e. The van der Waals surface area contributed by atoms with Gasteiger partial charge in [-0.25, -0.2) is 4.79 Å². The van der Waals surface area contributed by atoms with E-state index in [0.717, 1.165) is 11.0 Å². The number of carbonyl (C=O) groups is 1. The van der Waals surface area contributed by atoms with Crippen molar-refractivity contribution >= 4 is 5.97 Å². The van der Waals surface area contributed by atoms with E-state index in [1.807, 2.05) is 21.1 Å². The second-order valence-electron chi connectivity index (χ2n) is 3.21. The molecule has 11 heavy (non-hydrogen) atoms. The molecule has 66 valence electrons. The van der Waals surface area contributed by atoms with E-state index in [1.165, 1.54) is 6.08 Å². The first kappa shape index (κ1) is 13.1. The number of hydrogen-bond donors (Lipinski definition) is 1. The lowest BCUT2D eigenvalue weighted by molar-refractivity contribution is -0.864. The molecule has 1 N–H and O–H groups in total. The Labute approximate surface area is 73.3 Å². The molecule has 0 saturated carbocycles. The molecule has 0 spiro atoms. The van der Waals surface area contributed by atoms with Crippen molar-refractivity contribution in [3.05, 3.63) is 12.2 Å². The van der Waals surface area contributed by atoms with Gasteiger partial charge in [0.05, 0.1) is 27.7 Å². The third-order valence-electron chi connectivity index (χ3n) is 0.914. The van der Waals surface area contributed by atoms with Gasteiger partial charge in [-0.1, -0.05) is 0 Å². The molecule has 0 heterocycles. The van der Waals surface area contributed by atoms with Crippen LogP contribution in [0.15, 0.2) is 12.2 Å². The summed E-state index contributed by atoms with van der Waals surface area (Å²) in [6, 6.07) is 0. The van der Waals surface area contributed by atoms with Crippen molar-refractivity contribution in [1.82, 2.24) is 0 Å². The van der Waals surface area contributed by atoms with Crippen LogP contribution in [0.4, 0.5) is 0 Å². The lowest BCUT2D eigenvalue weighted by Gasteiger charge is -2.21. The molecule has 0 aliphatic carbocycles. The summed E-state index contributed by atoms with van der Waals surface area (Å²) in [7, 11) is 6.02. The standard InChI is InChI=1S/C7H13NO2.ClH/c1-8(2,3)6-4-5-7(9)10;/h4-5H,6H2,1-3H3;1H/b5-4-;. The van der Waals surface area contributed by atoms with E-state index in [1.54, 1.807) is 6.08 Å². The average molecular weight is 180 g/mol. The summed E-state index contributed by atoms with van der Waals surface area (Å²) >= 11 is 0. The fourth-order valence-corrected chi connectivity index (χ4v) is 0.470. The maximum atomic E-state index is 9.99. The second-order valence-corrected chi connectivity index (χ2v) is 3.21. The number of carboxylic acids is 1. The monoisotopic (exact) mass is 179 g/mol. The summed E-state index contributed by atoms with van der Waals surface area (Å²) in [5.41, 5.74) is 0. The van der Waals surface area contributed by atoms with Crippen molar-refractivity contribution in [3.8, 4) is 0 Å². The molecule has 0 amide bonds. The van der Waals surface area contributed by atoms with Gasteiger partial charge in [-0.2, -0.15) is 0 Å². The lowest BCUT2D eigenvalue weighted by Crippen LogP contribution is -3.00. The van der Waals surface area contributed by atoms with E-state index >= 15 is 0 Å². The Bertz CT molecular complexity index is 149. The fourth-order valence-electron chi connectivity index (χ4n) is 0.470. The van der Waals surface area contributed by atoms with Gasteiger partial charge >= 0.3 is 5.97 Å². The molecule has 0 aromatic carbocycles. The number of rotatable bonds is 3. The molecule has 0 aromatic heterocycles. The summed E-state index contributed by atoms with van der Waals surface area (Å²) in [6.45, 7) is 0.742. The highest BCUT2D eigenvalue weighted by Crippen LogP contribution is 1.89. The summed E-state index contributed by atoms with van der Waals surface area (Å²) in [5.74, 6) is -0.881. The Morgan fingerprint density at radius 2 is 1.91 bits per heavy atom. The molecule has 0 aliphatic rings. The van der Waals surface area contributed by atoms with E-state index in [4.69, 9.17) is 5.11 Å². The molecule has 0 unspecified atom stereocenters. The summed E-state index contributed by atoms with van der Waals surface area (Å²) < 4.78 is 0.754. The third-order valence-corrected chi connectivity index (χ3v) is 0.914. The maximum Gasteiger partial charge on any atom is 0.328 e. The van der Waals surface area contributed by atoms with E-state index in [-0.39, 0.29) is 12.4 Å². The van der Waals surface area contributed by atoms with Crippen LogP contribution in [0, 0.1) is 0 Å². The van der Waals surface area contributed by atoms with Crippen LogP contribution in [0.25, 0.3) is 0 Å². The van der Waals surface area contributed by atoms with Crippen molar-refractivity contribution in [1.29, 1.82) is 0 Å². The zero-order valence-electron chi connectivity index (χ0n) is 7.04. The molecule has 0 aliphatic heterocycles. The predicted octanol–water partition coefficient (Wildman–Crippen LogP) is -2.66. The minimum absolute atomic E-state index is 0. The van der Waals surface area contributed by atoms with Crippen LogP contribution in [-0.4, -0.2) is 43.2 Å². The van der Waals surface area contributed by atoms with Gasteiger partial charge in [0.25, 0.3) is 0 Å². The summed E-state index contributed by atoms with van der Waals surface area (Å²) in [4.78, 5) is 9.99. The summed E-state index contributed by atoms with van der Waals surface area (Å²) in [6.07, 6.45) is 2.83. The quantitative estimate of drug-likeness (QED) is 0.379. The molecule has 0 bridgehead atoms. The topological polar surface area (TPSA) is 37.3 Å². The van der Waals surface area contributed by atoms with Crippen molar-refractivity contribution in [2.75, 3.05) is 27.7 Å². The number of carboxylic acid groups (broad SMARTS) is 1. The van der Waals surface area contributed by atoms with Gasteiger partial charge in [0.1, 0.15) is 0 Å². The Kier molecular flexibility index (Phi) is 6.13. The van der Waals surface area contributed by atoms with Gasteiger partial charge < -0.3 is 22.0 Å². The number of quaternary nitrogens is 1. The van der Waals surface area contributed by atoms with E-state index in [0.29, 0.717) is 0 Å². The number of nitrogens with zero attached hydrogens (tertiary/aromatic N) is 1. The van der Waals surface area contributed by atoms with Gasteiger partial charge in [0.15, 0.2) is 0 Å². The first-order valence-electron chi connectivity index (χ1n) is 3.12. The number of likely N-dealkylation sites (N-methyl/N-ethyl adjacent to an activating group) is 1. The van der Waals surface area contributed by atoms with Gasteiger partial charge in [0, 0.05) is 6.08 Å². The van der Waals surface area contributed by atoms with Crippen molar-refractivity contribution in [3.63, 3.8) is 0 Å². The zero-order chi connectivity index (χ0) is 8.20. The van der Waals surface area contributed by atoms with Crippen LogP contribution in [0.2, 0.25) is 0 Å². The van der Waals surface area contributed by atoms with Crippen LogP contribution in [-0.2, 0) is 4.79 Å². The van der Waals surface area contributed by atoms with Crippen LogP contribution < -0.4 is 12.4 Å². The average Bonchev–Trinajstić information content (AvgIpc) is 1.59. The number of halogens is 1. The Morgan fingerprint density at radius 1 is 1.45 bits per heavy atom. The molecular weight excluding hydrogens is 166 g/mol. The molecule has 4 heteroatoms. The van der Waals surface area contributed by atoms with Crippen molar-refractivity contribution < 1.29 is 26.8 Å². The van der Waals surface area contributed by atoms with Crippen LogP contribution >= 0.6 is 0 Å². The minimum atomic E-state index is -0.881. The fraction of sp³-hybridized carbons (Fsp3) is 0.571. The third kappa shape index (κ3) is 12.6. The Balaban J connectivity index is 0. The SMILES string of the molecule is C[N+](C)(C)C/C=C\C(=O)O.[Cl-]. The van der Waals surface area contributed by atoms with Gasteiger partial charge in [-0.15, -0.1) is 0 Å². The molecule has 0 fully saturated rings. The van der Waals surface area contributed by atoms with E-state index < -0.39 is 5.97 Å². The smallest absolute Gasteiger partial charge is 0.328 e. The van der Waals surface area contributed by atoms with Crippen LogP contribution in [0.1, 0.15) is 0 Å². The molecular formula is C7H14ClNO2. The number of aliphatic carboxylic acids is 1. The van der Waals surface area contributed by atoms with Crippen molar-refractivity contribution in [2.24, 2.45) is 0 Å². The lowest BCUT2D eigenvalue weighted by atomic mass is 10.4. The molecule has 3 nitrogen and oxygen atoms in total. The largest absolute Gasteiger partial charge is 1.00 e. The highest BCUT2D eigenvalue weighted by molar-refractivity contribution is 5.79. The molecule has 0 radical (unpaired) electrons. The Morgan fingerprint density at radius 3 is 2.18 bits per heavy atom. The maximum absolute atomic E-state index is 9.99. The first-order valence-corrected chi connectivity index (χ1v) is 3.12. The highest BCUT2D eigenvalue weighted by Gasteiger charge is 2.01. The van der Waals surface area contributed by atoms with Crippen LogP contribution in [0.3, 0.4) is 0 Å². The van der Waals surface area contributed by atoms with Gasteiger partial charge in [-0.3, -0.25) is 0 Å². The molecule has 0 rings (SSSR count). The summed E-state index contributed by atoms with van der Waals surface area (Å²) in [5, 5.41) is 8.22. The molecule has 0 saturated heterocycles. The van der Waals surface area contributed by atoms with Gasteiger partial charge in [-0.05, 0) is 6.08 Å². The van der Waals surface area contributed by atoms with Gasteiger partial charge in [0.2, 0.25) is 0 Å². The molecule has 0 atom stereocenters. The Hall–Kier alpha value is -0.540. The highest BCUT2D eigenvalue weighted by atomic mass is 35.5. The normalized spacial score (nSPS) is 11.2.